The van der Waals surface area contributed by atoms with E-state index in [0.717, 1.165) is 24.0 Å². The summed E-state index contributed by atoms with van der Waals surface area (Å²) >= 11 is 0. The van der Waals surface area contributed by atoms with E-state index in [9.17, 15) is 0 Å². The maximum absolute atomic E-state index is 3.29. The van der Waals surface area contributed by atoms with Gasteiger partial charge in [-0.25, -0.2) is 0 Å². The Morgan fingerprint density at radius 3 is 2.40 bits per heavy atom. The van der Waals surface area contributed by atoms with Crippen LogP contribution >= 0.6 is 0 Å². The second-order valence-electron chi connectivity index (χ2n) is 4.74. The number of allylic oxidation sites excluding steroid dienone is 2. The predicted molar refractivity (Wildman–Crippen MR) is 86.6 cm³/mol. The van der Waals surface area contributed by atoms with Crippen LogP contribution in [0.15, 0.2) is 66.7 Å². The Bertz CT molecular complexity index is 609. The first kappa shape index (κ1) is 14.2. The average molecular weight is 260 g/mol. The number of benzene rings is 2. The van der Waals surface area contributed by atoms with Crippen LogP contribution in [-0.4, -0.2) is 0 Å². The van der Waals surface area contributed by atoms with Crippen molar-refractivity contribution in [3.63, 3.8) is 0 Å². The van der Waals surface area contributed by atoms with E-state index >= 15 is 0 Å². The lowest BCUT2D eigenvalue weighted by Crippen LogP contribution is -1.87. The standard InChI is InChI=1S/C20H20/c1-2-3-4-8-13-19-14-9-10-15-20(19)17-16-18-11-6-5-7-12-18/h4-12,14-15H,2-3,13H2,1H3/b8-4+. The van der Waals surface area contributed by atoms with E-state index in [0.29, 0.717) is 0 Å². The molecule has 2 rings (SSSR count). The summed E-state index contributed by atoms with van der Waals surface area (Å²) in [6.45, 7) is 2.20. The molecule has 0 atom stereocenters. The molecule has 0 N–H and O–H groups in total. The summed E-state index contributed by atoms with van der Waals surface area (Å²) in [6.07, 6.45) is 7.80. The highest BCUT2D eigenvalue weighted by atomic mass is 14.0. The quantitative estimate of drug-likeness (QED) is 0.537. The van der Waals surface area contributed by atoms with Crippen LogP contribution in [-0.2, 0) is 6.42 Å². The highest BCUT2D eigenvalue weighted by molar-refractivity contribution is 5.46. The van der Waals surface area contributed by atoms with Crippen LogP contribution in [0.3, 0.4) is 0 Å². The van der Waals surface area contributed by atoms with Crippen molar-refractivity contribution in [3.8, 4) is 11.8 Å². The highest BCUT2D eigenvalue weighted by Crippen LogP contribution is 2.09. The molecule has 0 saturated heterocycles. The van der Waals surface area contributed by atoms with E-state index in [4.69, 9.17) is 0 Å². The summed E-state index contributed by atoms with van der Waals surface area (Å²) in [4.78, 5) is 0. The third-order valence-electron chi connectivity index (χ3n) is 3.09. The second-order valence-corrected chi connectivity index (χ2v) is 4.74. The van der Waals surface area contributed by atoms with E-state index in [1.54, 1.807) is 0 Å². The molecule has 0 saturated carbocycles. The predicted octanol–water partition coefficient (Wildman–Crippen LogP) is 4.99. The van der Waals surface area contributed by atoms with Crippen molar-refractivity contribution in [2.24, 2.45) is 0 Å². The van der Waals surface area contributed by atoms with Crippen LogP contribution in [0.25, 0.3) is 0 Å². The lowest BCUT2D eigenvalue weighted by molar-refractivity contribution is 0.953. The van der Waals surface area contributed by atoms with Crippen LogP contribution < -0.4 is 0 Å². The molecule has 0 aliphatic heterocycles. The Labute approximate surface area is 122 Å². The van der Waals surface area contributed by atoms with Crippen molar-refractivity contribution in [1.82, 2.24) is 0 Å². The summed E-state index contributed by atoms with van der Waals surface area (Å²) < 4.78 is 0. The number of unbranched alkanes of at least 4 members (excludes halogenated alkanes) is 1. The molecule has 0 bridgehead atoms. The first-order valence-corrected chi connectivity index (χ1v) is 7.20. The van der Waals surface area contributed by atoms with Gasteiger partial charge in [0.2, 0.25) is 0 Å². The van der Waals surface area contributed by atoms with Crippen LogP contribution in [0.2, 0.25) is 0 Å². The summed E-state index contributed by atoms with van der Waals surface area (Å²) in [6, 6.07) is 18.5. The Hall–Kier alpha value is -2.26. The van der Waals surface area contributed by atoms with Crippen molar-refractivity contribution in [2.75, 3.05) is 0 Å². The van der Waals surface area contributed by atoms with Gasteiger partial charge in [0, 0.05) is 11.1 Å². The maximum Gasteiger partial charge on any atom is 0.0284 e. The van der Waals surface area contributed by atoms with Gasteiger partial charge in [-0.15, -0.1) is 0 Å². The molecule has 0 heteroatoms. The van der Waals surface area contributed by atoms with Gasteiger partial charge in [-0.05, 0) is 36.6 Å². The normalized spacial score (nSPS) is 10.2. The molecule has 0 amide bonds. The summed E-state index contributed by atoms with van der Waals surface area (Å²) in [7, 11) is 0. The van der Waals surface area contributed by atoms with Crippen LogP contribution in [0.5, 0.6) is 0 Å². The Balaban J connectivity index is 2.14. The molecule has 20 heavy (non-hydrogen) atoms. The SMILES string of the molecule is CCC/C=C/Cc1ccccc1C#Cc1ccccc1. The zero-order chi connectivity index (χ0) is 14.0. The summed E-state index contributed by atoms with van der Waals surface area (Å²) in [5.41, 5.74) is 3.48. The molecule has 100 valence electrons. The van der Waals surface area contributed by atoms with Crippen molar-refractivity contribution >= 4 is 0 Å². The molecule has 0 radical (unpaired) electrons. The summed E-state index contributed by atoms with van der Waals surface area (Å²) in [5, 5.41) is 0. The molecule has 2 aromatic carbocycles. The number of hydrogen-bond acceptors (Lipinski definition) is 0. The zero-order valence-corrected chi connectivity index (χ0v) is 12.0. The van der Waals surface area contributed by atoms with Crippen molar-refractivity contribution in [1.29, 1.82) is 0 Å². The minimum absolute atomic E-state index is 0.958. The number of hydrogen-bond donors (Lipinski definition) is 0. The van der Waals surface area contributed by atoms with Gasteiger partial charge in [-0.3, -0.25) is 0 Å². The molecule has 0 fully saturated rings. The topological polar surface area (TPSA) is 0 Å². The molecule has 0 aliphatic carbocycles. The monoisotopic (exact) mass is 260 g/mol. The van der Waals surface area contributed by atoms with E-state index in [-0.39, 0.29) is 0 Å². The Morgan fingerprint density at radius 2 is 1.60 bits per heavy atom. The van der Waals surface area contributed by atoms with Gasteiger partial charge in [0.05, 0.1) is 0 Å². The maximum atomic E-state index is 3.29. The first-order chi connectivity index (χ1) is 9.90. The molecular weight excluding hydrogens is 240 g/mol. The fourth-order valence-corrected chi connectivity index (χ4v) is 1.98. The van der Waals surface area contributed by atoms with E-state index < -0.39 is 0 Å². The molecule has 0 spiro atoms. The largest absolute Gasteiger partial charge is 0.0882 e. The van der Waals surface area contributed by atoms with E-state index in [1.165, 1.54) is 12.0 Å². The Kier molecular flexibility index (Phi) is 5.68. The zero-order valence-electron chi connectivity index (χ0n) is 12.0. The molecule has 0 unspecified atom stereocenters. The average Bonchev–Trinajstić information content (AvgIpc) is 2.51. The van der Waals surface area contributed by atoms with Gasteiger partial charge >= 0.3 is 0 Å². The van der Waals surface area contributed by atoms with Gasteiger partial charge in [-0.2, -0.15) is 0 Å². The minimum atomic E-state index is 0.958. The minimum Gasteiger partial charge on any atom is -0.0882 e. The first-order valence-electron chi connectivity index (χ1n) is 7.20. The van der Waals surface area contributed by atoms with Crippen LogP contribution in [0.4, 0.5) is 0 Å². The second kappa shape index (κ2) is 8.02. The lowest BCUT2D eigenvalue weighted by atomic mass is 10.0. The van der Waals surface area contributed by atoms with E-state index in [2.05, 4.69) is 49.1 Å². The molecule has 2 aromatic rings. The molecule has 0 aliphatic rings. The molecule has 0 aromatic heterocycles. The van der Waals surface area contributed by atoms with Gasteiger partial charge in [-0.1, -0.05) is 73.7 Å². The third-order valence-corrected chi connectivity index (χ3v) is 3.09. The van der Waals surface area contributed by atoms with Crippen molar-refractivity contribution in [3.05, 3.63) is 83.4 Å². The fourth-order valence-electron chi connectivity index (χ4n) is 1.98. The van der Waals surface area contributed by atoms with Gasteiger partial charge in [0.15, 0.2) is 0 Å². The Morgan fingerprint density at radius 1 is 0.850 bits per heavy atom. The van der Waals surface area contributed by atoms with E-state index in [1.807, 2.05) is 36.4 Å². The lowest BCUT2D eigenvalue weighted by Gasteiger charge is -2.00. The van der Waals surface area contributed by atoms with Gasteiger partial charge in [0.1, 0.15) is 0 Å². The number of rotatable bonds is 4. The fraction of sp³-hybridized carbons (Fsp3) is 0.200. The highest BCUT2D eigenvalue weighted by Gasteiger charge is 1.96. The molecule has 0 heterocycles. The smallest absolute Gasteiger partial charge is 0.0284 e. The third kappa shape index (κ3) is 4.44. The van der Waals surface area contributed by atoms with Crippen molar-refractivity contribution in [2.45, 2.75) is 26.2 Å². The van der Waals surface area contributed by atoms with Gasteiger partial charge < -0.3 is 0 Å². The van der Waals surface area contributed by atoms with Crippen LogP contribution in [0, 0.1) is 11.8 Å². The summed E-state index contributed by atoms with van der Waals surface area (Å²) in [5.74, 6) is 6.52. The van der Waals surface area contributed by atoms with Gasteiger partial charge in [0.25, 0.3) is 0 Å². The van der Waals surface area contributed by atoms with Crippen LogP contribution in [0.1, 0.15) is 36.5 Å². The van der Waals surface area contributed by atoms with Crippen molar-refractivity contribution < 1.29 is 0 Å². The molecule has 0 nitrogen and oxygen atoms in total. The molecular formula is C20H20.